The summed E-state index contributed by atoms with van der Waals surface area (Å²) < 4.78 is 26.3. The van der Waals surface area contributed by atoms with Crippen LogP contribution in [0, 0.1) is 24.7 Å². The second-order valence-electron chi connectivity index (χ2n) is 14.2. The molecule has 0 radical (unpaired) electrons. The summed E-state index contributed by atoms with van der Waals surface area (Å²) in [4.78, 5) is 26.1. The minimum Gasteiger partial charge on any atom is -0.487 e. The first-order valence-corrected chi connectivity index (χ1v) is 20.1. The van der Waals surface area contributed by atoms with Crippen molar-refractivity contribution in [2.45, 2.75) is 96.5 Å². The number of carbonyl (C=O) groups excluding carboxylic acids is 1. The van der Waals surface area contributed by atoms with Gasteiger partial charge in [-0.15, -0.1) is 18.2 Å². The molecule has 12 heteroatoms. The molecular formula is C42H58ClN3O8. The van der Waals surface area contributed by atoms with E-state index in [1.807, 2.05) is 51.1 Å². The molecule has 296 valence electrons. The number of halogens is 1. The minimum atomic E-state index is -1.35. The number of fused-ring (bicyclic) bond motifs is 2. The van der Waals surface area contributed by atoms with Gasteiger partial charge in [0.2, 0.25) is 5.79 Å². The van der Waals surface area contributed by atoms with Gasteiger partial charge in [0, 0.05) is 43.4 Å². The summed E-state index contributed by atoms with van der Waals surface area (Å²) in [6.45, 7) is 11.4. The second kappa shape index (κ2) is 20.3. The normalized spacial score (nSPS) is 24.8. The quantitative estimate of drug-likeness (QED) is 0.0568. The average molecular weight is 768 g/mol. The Bertz CT molecular complexity index is 1600. The van der Waals surface area contributed by atoms with Gasteiger partial charge in [0.05, 0.1) is 29.8 Å². The van der Waals surface area contributed by atoms with Gasteiger partial charge in [-0.05, 0) is 93.7 Å². The standard InChI is InChI=1S/C42H58ClN3O8/c1-5-20-46(41(49)50-24-19-43)38-27-36(45-53-7-3)34-25-30(14-8-10-21-47)33(16-9-11-22-48)39-35-26-32(51-28-31-15-12-13-29(4)44-31)17-18-37(35)54-42(38,40(34)39)52-23-6-2/h6,12-13,15,17-18,25-26,30,33,38-40,47-48H,2,5,7-11,14,16,19-24,27-28H2,1,3-4H3/t30-,33+,38-,39+,40+,42+/m0/s1. The molecule has 1 aromatic carbocycles. The van der Waals surface area contributed by atoms with Crippen LogP contribution in [-0.2, 0) is 20.9 Å². The van der Waals surface area contributed by atoms with Crippen molar-refractivity contribution >= 4 is 23.4 Å². The Kier molecular flexibility index (Phi) is 15.6. The molecule has 1 aromatic heterocycles. The van der Waals surface area contributed by atoms with Gasteiger partial charge < -0.3 is 34.0 Å². The second-order valence-corrected chi connectivity index (χ2v) is 14.6. The molecule has 1 saturated carbocycles. The zero-order valence-corrected chi connectivity index (χ0v) is 32.8. The van der Waals surface area contributed by atoms with Gasteiger partial charge in [-0.1, -0.05) is 43.1 Å². The maximum atomic E-state index is 13.9. The van der Waals surface area contributed by atoms with E-state index in [1.165, 1.54) is 0 Å². The fourth-order valence-electron chi connectivity index (χ4n) is 8.54. The number of unbranched alkanes of at least 4 members (excludes halogenated alkanes) is 2. The lowest BCUT2D eigenvalue weighted by molar-refractivity contribution is -0.255. The summed E-state index contributed by atoms with van der Waals surface area (Å²) in [5.74, 6) is -0.179. The van der Waals surface area contributed by atoms with Crippen LogP contribution in [0.4, 0.5) is 4.79 Å². The lowest BCUT2D eigenvalue weighted by Crippen LogP contribution is -2.70. The number of aryl methyl sites for hydroxylation is 1. The lowest BCUT2D eigenvalue weighted by atomic mass is 9.55. The molecule has 0 saturated heterocycles. The smallest absolute Gasteiger partial charge is 0.410 e. The van der Waals surface area contributed by atoms with E-state index in [0.717, 1.165) is 53.9 Å². The van der Waals surface area contributed by atoms with Crippen molar-refractivity contribution in [1.82, 2.24) is 9.88 Å². The molecule has 0 unspecified atom stereocenters. The number of alkyl halides is 1. The van der Waals surface area contributed by atoms with Gasteiger partial charge in [0.15, 0.2) is 0 Å². The maximum absolute atomic E-state index is 13.9. The van der Waals surface area contributed by atoms with Crippen LogP contribution in [0.5, 0.6) is 11.5 Å². The molecule has 1 amide bonds. The number of allylic oxidation sites excluding steroid dienone is 1. The number of aliphatic hydroxyl groups is 2. The van der Waals surface area contributed by atoms with Crippen LogP contribution in [0.3, 0.4) is 0 Å². The summed E-state index contributed by atoms with van der Waals surface area (Å²) >= 11 is 5.98. The first-order chi connectivity index (χ1) is 26.3. The number of nitrogens with zero attached hydrogens (tertiary/aromatic N) is 3. The van der Waals surface area contributed by atoms with Gasteiger partial charge in [-0.25, -0.2) is 4.79 Å². The van der Waals surface area contributed by atoms with Crippen molar-refractivity contribution in [1.29, 1.82) is 0 Å². The van der Waals surface area contributed by atoms with Crippen LogP contribution < -0.4 is 9.47 Å². The fraction of sp³-hybridized carbons (Fsp3) is 0.595. The summed E-state index contributed by atoms with van der Waals surface area (Å²) in [6.07, 6.45) is 9.27. The Morgan fingerprint density at radius 2 is 1.94 bits per heavy atom. The Morgan fingerprint density at radius 1 is 1.15 bits per heavy atom. The number of aromatic nitrogens is 1. The van der Waals surface area contributed by atoms with Crippen LogP contribution in [-0.4, -0.2) is 89.2 Å². The number of oxime groups is 1. The van der Waals surface area contributed by atoms with E-state index in [0.29, 0.717) is 56.9 Å². The van der Waals surface area contributed by atoms with E-state index in [-0.39, 0.29) is 50.1 Å². The monoisotopic (exact) mass is 767 g/mol. The Labute approximate surface area is 325 Å². The predicted molar refractivity (Wildman–Crippen MR) is 209 cm³/mol. The molecular weight excluding hydrogens is 710 g/mol. The number of hydrogen-bond acceptors (Lipinski definition) is 10. The highest BCUT2D eigenvalue weighted by Gasteiger charge is 2.65. The molecule has 0 bridgehead atoms. The molecule has 2 aromatic rings. The van der Waals surface area contributed by atoms with Gasteiger partial charge >= 0.3 is 6.09 Å². The molecule has 11 nitrogen and oxygen atoms in total. The largest absolute Gasteiger partial charge is 0.487 e. The van der Waals surface area contributed by atoms with Crippen LogP contribution in [0.1, 0.15) is 88.1 Å². The van der Waals surface area contributed by atoms with Gasteiger partial charge in [0.25, 0.3) is 0 Å². The first kappa shape index (κ1) is 41.5. The first-order valence-electron chi connectivity index (χ1n) is 19.6. The highest BCUT2D eigenvalue weighted by molar-refractivity contribution is 6.18. The Morgan fingerprint density at radius 3 is 2.65 bits per heavy atom. The van der Waals surface area contributed by atoms with Crippen molar-refractivity contribution in [2.75, 3.05) is 45.5 Å². The molecule has 54 heavy (non-hydrogen) atoms. The molecule has 2 heterocycles. The molecule has 6 atom stereocenters. The molecule has 2 N–H and O–H groups in total. The van der Waals surface area contributed by atoms with Gasteiger partial charge in [-0.2, -0.15) is 0 Å². The van der Waals surface area contributed by atoms with E-state index >= 15 is 0 Å². The Hall–Kier alpha value is -3.64. The fourth-order valence-corrected chi connectivity index (χ4v) is 8.62. The number of carbonyl (C=O) groups is 1. The van der Waals surface area contributed by atoms with Gasteiger partial charge in [0.1, 0.15) is 37.4 Å². The van der Waals surface area contributed by atoms with E-state index in [9.17, 15) is 15.0 Å². The number of amides is 1. The topological polar surface area (TPSA) is 132 Å². The summed E-state index contributed by atoms with van der Waals surface area (Å²) in [5, 5.41) is 24.4. The van der Waals surface area contributed by atoms with Crippen molar-refractivity contribution in [3.63, 3.8) is 0 Å². The molecule has 1 aliphatic heterocycles. The number of aliphatic hydroxyl groups excluding tert-OH is 2. The average Bonchev–Trinajstić information content (AvgIpc) is 3.18. The molecule has 3 aliphatic rings. The van der Waals surface area contributed by atoms with E-state index in [4.69, 9.17) is 40.5 Å². The highest BCUT2D eigenvalue weighted by atomic mass is 35.5. The molecule has 2 aliphatic carbocycles. The Balaban J connectivity index is 1.73. The molecule has 0 spiro atoms. The van der Waals surface area contributed by atoms with Crippen LogP contribution >= 0.6 is 11.6 Å². The van der Waals surface area contributed by atoms with Crippen molar-refractivity contribution in [3.05, 3.63) is 77.7 Å². The minimum absolute atomic E-state index is 0.0674. The van der Waals surface area contributed by atoms with Crippen LogP contribution in [0.2, 0.25) is 0 Å². The number of ether oxygens (including phenoxy) is 4. The predicted octanol–water partition coefficient (Wildman–Crippen LogP) is 7.71. The third kappa shape index (κ3) is 9.41. The molecule has 1 fully saturated rings. The van der Waals surface area contributed by atoms with E-state index in [1.54, 1.807) is 11.0 Å². The van der Waals surface area contributed by atoms with Crippen LogP contribution in [0.25, 0.3) is 0 Å². The summed E-state index contributed by atoms with van der Waals surface area (Å²) in [6, 6.07) is 11.2. The molecule has 5 rings (SSSR count). The zero-order chi connectivity index (χ0) is 38.5. The highest BCUT2D eigenvalue weighted by Crippen LogP contribution is 2.62. The van der Waals surface area contributed by atoms with Crippen LogP contribution in [0.15, 0.2) is 65.9 Å². The number of rotatable bonds is 21. The van der Waals surface area contributed by atoms with Crippen molar-refractivity contribution < 1.29 is 38.8 Å². The number of pyridine rings is 1. The summed E-state index contributed by atoms with van der Waals surface area (Å²) in [7, 11) is 0. The van der Waals surface area contributed by atoms with E-state index in [2.05, 4.69) is 23.7 Å². The number of hydrogen-bond donors (Lipinski definition) is 2. The zero-order valence-electron chi connectivity index (χ0n) is 32.1. The third-order valence-corrected chi connectivity index (χ3v) is 10.8. The number of benzene rings is 1. The summed E-state index contributed by atoms with van der Waals surface area (Å²) in [5.41, 5.74) is 4.46. The SMILES string of the molecule is C=CCO[C@@]12Oc3ccc(OCc4cccc(C)n4)cc3[C@H]3[C@H](CCCCO)[C@@H](CCCCO)C=C(C(=NOCC)C[C@@H]1N(CCC)C(=O)OCCCl)[C@H]32. The lowest BCUT2D eigenvalue weighted by Gasteiger charge is -2.59. The third-order valence-electron chi connectivity index (χ3n) is 10.7. The maximum Gasteiger partial charge on any atom is 0.410 e. The van der Waals surface area contributed by atoms with Crippen molar-refractivity contribution in [3.8, 4) is 11.5 Å². The van der Waals surface area contributed by atoms with Gasteiger partial charge in [-0.3, -0.25) is 9.88 Å². The van der Waals surface area contributed by atoms with Crippen molar-refractivity contribution in [2.24, 2.45) is 22.9 Å². The van der Waals surface area contributed by atoms with E-state index < -0.39 is 23.8 Å².